The molecule has 1 saturated heterocycles. The second-order valence-electron chi connectivity index (χ2n) is 9.27. The number of nitrogens with zero attached hydrogens (tertiary/aromatic N) is 1. The summed E-state index contributed by atoms with van der Waals surface area (Å²) in [6.07, 6.45) is 3.90. The monoisotopic (exact) mass is 473 g/mol. The number of likely N-dealkylation sites (tertiary alicyclic amines) is 1. The van der Waals surface area contributed by atoms with Crippen molar-refractivity contribution < 1.29 is 9.90 Å². The molecule has 172 valence electrons. The molecule has 0 spiro atoms. The van der Waals surface area contributed by atoms with E-state index in [4.69, 9.17) is 23.2 Å². The molecule has 5 heteroatoms. The molecule has 1 fully saturated rings. The van der Waals surface area contributed by atoms with Gasteiger partial charge >= 0.3 is 0 Å². The van der Waals surface area contributed by atoms with E-state index < -0.39 is 11.5 Å². The van der Waals surface area contributed by atoms with Gasteiger partial charge in [0, 0.05) is 22.0 Å². The van der Waals surface area contributed by atoms with Crippen LogP contribution in [-0.4, -0.2) is 28.1 Å². The molecule has 0 bridgehead atoms. The van der Waals surface area contributed by atoms with Crippen LogP contribution in [0, 0.1) is 5.41 Å². The third-order valence-electron chi connectivity index (χ3n) is 6.66. The maximum atomic E-state index is 14.1. The van der Waals surface area contributed by atoms with Crippen molar-refractivity contribution in [1.82, 2.24) is 4.90 Å². The van der Waals surface area contributed by atoms with Gasteiger partial charge in [-0.1, -0.05) is 67.4 Å². The molecule has 1 amide bonds. The SMILES string of the molecule is C=CC[C@@]1(C)C[C@H](c2cccc(Cl)c2)[C@@H](c2ccc(Cl)cc2)N([C@@H](CC)C[C@@H](C)O)C1=O. The van der Waals surface area contributed by atoms with Gasteiger partial charge in [-0.05, 0) is 68.0 Å². The Labute approximate surface area is 202 Å². The van der Waals surface area contributed by atoms with Gasteiger partial charge in [-0.25, -0.2) is 0 Å². The van der Waals surface area contributed by atoms with Gasteiger partial charge in [0.15, 0.2) is 0 Å². The number of hydrogen-bond acceptors (Lipinski definition) is 2. The summed E-state index contributed by atoms with van der Waals surface area (Å²) in [5.74, 6) is 0.156. The fourth-order valence-electron chi connectivity index (χ4n) is 5.16. The molecule has 0 saturated carbocycles. The zero-order valence-electron chi connectivity index (χ0n) is 19.1. The first-order chi connectivity index (χ1) is 15.2. The van der Waals surface area contributed by atoms with E-state index in [1.165, 1.54) is 0 Å². The molecule has 2 aromatic carbocycles. The average molecular weight is 474 g/mol. The standard InChI is InChI=1S/C27H33Cl2NO2/c1-5-14-27(4)17-24(20-8-7-9-22(29)16-20)25(19-10-12-21(28)13-11-19)30(26(27)32)23(6-2)15-18(3)31/h5,7-13,16,18,23-25,31H,1,6,14-15,17H2,2-4H3/t18-,23+,24-,25-,27+/m1/s1. The van der Waals surface area contributed by atoms with E-state index in [0.717, 1.165) is 17.5 Å². The lowest BCUT2D eigenvalue weighted by Gasteiger charge is -2.52. The number of allylic oxidation sites excluding steroid dienone is 1. The molecule has 0 radical (unpaired) electrons. The zero-order chi connectivity index (χ0) is 23.5. The Hall–Kier alpha value is -1.81. The first kappa shape index (κ1) is 24.8. The quantitative estimate of drug-likeness (QED) is 0.412. The van der Waals surface area contributed by atoms with Crippen molar-refractivity contribution in [2.75, 3.05) is 0 Å². The summed E-state index contributed by atoms with van der Waals surface area (Å²) in [7, 11) is 0. The lowest BCUT2D eigenvalue weighted by Crippen LogP contribution is -2.55. The largest absolute Gasteiger partial charge is 0.393 e. The highest BCUT2D eigenvalue weighted by atomic mass is 35.5. The van der Waals surface area contributed by atoms with Crippen molar-refractivity contribution in [3.05, 3.63) is 82.4 Å². The van der Waals surface area contributed by atoms with E-state index in [1.54, 1.807) is 6.92 Å². The smallest absolute Gasteiger partial charge is 0.229 e. The maximum Gasteiger partial charge on any atom is 0.229 e. The fourth-order valence-corrected chi connectivity index (χ4v) is 5.48. The van der Waals surface area contributed by atoms with Crippen LogP contribution in [0.3, 0.4) is 0 Å². The molecule has 0 aromatic heterocycles. The van der Waals surface area contributed by atoms with Crippen LogP contribution in [0.4, 0.5) is 0 Å². The number of carbonyl (C=O) groups is 1. The lowest BCUT2D eigenvalue weighted by atomic mass is 9.67. The van der Waals surface area contributed by atoms with Crippen LogP contribution in [0.1, 0.15) is 69.5 Å². The molecule has 1 aliphatic rings. The maximum absolute atomic E-state index is 14.1. The van der Waals surface area contributed by atoms with E-state index in [2.05, 4.69) is 19.6 Å². The predicted molar refractivity (Wildman–Crippen MR) is 133 cm³/mol. The van der Waals surface area contributed by atoms with Crippen molar-refractivity contribution in [3.63, 3.8) is 0 Å². The number of halogens is 2. The van der Waals surface area contributed by atoms with Crippen LogP contribution in [0.15, 0.2) is 61.2 Å². The van der Waals surface area contributed by atoms with Crippen LogP contribution in [-0.2, 0) is 4.79 Å². The summed E-state index contributed by atoms with van der Waals surface area (Å²) >= 11 is 12.6. The van der Waals surface area contributed by atoms with Gasteiger partial charge in [-0.15, -0.1) is 6.58 Å². The van der Waals surface area contributed by atoms with Crippen molar-refractivity contribution in [2.24, 2.45) is 5.41 Å². The third-order valence-corrected chi connectivity index (χ3v) is 7.15. The van der Waals surface area contributed by atoms with Crippen molar-refractivity contribution >= 4 is 29.1 Å². The summed E-state index contributed by atoms with van der Waals surface area (Å²) in [6.45, 7) is 9.82. The number of carbonyl (C=O) groups excluding carboxylic acids is 1. The van der Waals surface area contributed by atoms with Gasteiger partial charge < -0.3 is 10.0 Å². The molecule has 0 aliphatic carbocycles. The minimum Gasteiger partial charge on any atom is -0.393 e. The second-order valence-corrected chi connectivity index (χ2v) is 10.1. The first-order valence-corrected chi connectivity index (χ1v) is 12.1. The zero-order valence-corrected chi connectivity index (χ0v) is 20.6. The van der Waals surface area contributed by atoms with E-state index in [1.807, 2.05) is 60.4 Å². The summed E-state index contributed by atoms with van der Waals surface area (Å²) in [5.41, 5.74) is 1.57. The van der Waals surface area contributed by atoms with Crippen molar-refractivity contribution in [1.29, 1.82) is 0 Å². The van der Waals surface area contributed by atoms with E-state index in [0.29, 0.717) is 29.3 Å². The Balaban J connectivity index is 2.22. The summed E-state index contributed by atoms with van der Waals surface area (Å²) in [4.78, 5) is 16.1. The van der Waals surface area contributed by atoms with Gasteiger partial charge in [0.1, 0.15) is 0 Å². The third kappa shape index (κ3) is 5.22. The van der Waals surface area contributed by atoms with Crippen LogP contribution < -0.4 is 0 Å². The summed E-state index contributed by atoms with van der Waals surface area (Å²) in [6, 6.07) is 15.4. The molecule has 32 heavy (non-hydrogen) atoms. The van der Waals surface area contributed by atoms with Crippen LogP contribution >= 0.6 is 23.2 Å². The second kappa shape index (κ2) is 10.4. The number of aliphatic hydroxyl groups excluding tert-OH is 1. The molecule has 1 heterocycles. The number of hydrogen-bond donors (Lipinski definition) is 1. The molecule has 2 aromatic rings. The Morgan fingerprint density at radius 2 is 1.88 bits per heavy atom. The Kier molecular flexibility index (Phi) is 8.08. The molecule has 0 unspecified atom stereocenters. The molecule has 3 nitrogen and oxygen atoms in total. The minimum absolute atomic E-state index is 0.0422. The van der Waals surface area contributed by atoms with Gasteiger partial charge in [0.05, 0.1) is 17.6 Å². The number of rotatable bonds is 8. The van der Waals surface area contributed by atoms with Crippen molar-refractivity contribution in [3.8, 4) is 0 Å². The normalized spacial score (nSPS) is 25.4. The molecular formula is C27H33Cl2NO2. The van der Waals surface area contributed by atoms with E-state index in [-0.39, 0.29) is 23.9 Å². The number of amides is 1. The predicted octanol–water partition coefficient (Wildman–Crippen LogP) is 7.18. The van der Waals surface area contributed by atoms with E-state index >= 15 is 0 Å². The Bertz CT molecular complexity index is 943. The molecule has 1 N–H and O–H groups in total. The highest BCUT2D eigenvalue weighted by Gasteiger charge is 2.50. The fraction of sp³-hybridized carbons (Fsp3) is 0.444. The first-order valence-electron chi connectivity index (χ1n) is 11.3. The van der Waals surface area contributed by atoms with Gasteiger partial charge in [-0.3, -0.25) is 4.79 Å². The van der Waals surface area contributed by atoms with Crippen LogP contribution in [0.5, 0.6) is 0 Å². The topological polar surface area (TPSA) is 40.5 Å². The van der Waals surface area contributed by atoms with E-state index in [9.17, 15) is 9.90 Å². The summed E-state index contributed by atoms with van der Waals surface area (Å²) < 4.78 is 0. The number of aliphatic hydroxyl groups is 1. The highest BCUT2D eigenvalue weighted by Crippen LogP contribution is 2.52. The molecule has 5 atom stereocenters. The molecular weight excluding hydrogens is 441 g/mol. The van der Waals surface area contributed by atoms with Gasteiger partial charge in [-0.2, -0.15) is 0 Å². The number of benzene rings is 2. The Morgan fingerprint density at radius 1 is 1.19 bits per heavy atom. The van der Waals surface area contributed by atoms with Crippen LogP contribution in [0.25, 0.3) is 0 Å². The average Bonchev–Trinajstić information content (AvgIpc) is 2.75. The van der Waals surface area contributed by atoms with Gasteiger partial charge in [0.25, 0.3) is 0 Å². The van der Waals surface area contributed by atoms with Crippen LogP contribution in [0.2, 0.25) is 10.0 Å². The highest BCUT2D eigenvalue weighted by molar-refractivity contribution is 6.30. The lowest BCUT2D eigenvalue weighted by molar-refractivity contribution is -0.155. The summed E-state index contributed by atoms with van der Waals surface area (Å²) in [5, 5.41) is 11.6. The molecule has 1 aliphatic heterocycles. The molecule has 3 rings (SSSR count). The minimum atomic E-state index is -0.580. The Morgan fingerprint density at radius 3 is 2.44 bits per heavy atom. The van der Waals surface area contributed by atoms with Crippen molar-refractivity contribution in [2.45, 2.75) is 70.6 Å². The number of piperidine rings is 1. The van der Waals surface area contributed by atoms with Gasteiger partial charge in [0.2, 0.25) is 5.91 Å².